The summed E-state index contributed by atoms with van der Waals surface area (Å²) in [6, 6.07) is 25.6. The van der Waals surface area contributed by atoms with Gasteiger partial charge < -0.3 is 4.43 Å². The molecule has 0 aliphatic carbocycles. The zero-order valence-electron chi connectivity index (χ0n) is 16.0. The molecule has 0 unspecified atom stereocenters. The van der Waals surface area contributed by atoms with E-state index < -0.39 is 8.32 Å². The van der Waals surface area contributed by atoms with Crippen molar-refractivity contribution >= 4 is 24.3 Å². The van der Waals surface area contributed by atoms with E-state index in [0.717, 1.165) is 0 Å². The average Bonchev–Trinajstić information content (AvgIpc) is 2.67. The zero-order chi connectivity index (χ0) is 18.1. The lowest BCUT2D eigenvalue weighted by Crippen LogP contribution is -2.57. The van der Waals surface area contributed by atoms with Crippen molar-refractivity contribution in [2.75, 3.05) is 0 Å². The van der Waals surface area contributed by atoms with E-state index in [1.54, 1.807) is 0 Å². The van der Waals surface area contributed by atoms with Gasteiger partial charge in [0, 0.05) is 0 Å². The Hall–Kier alpha value is -1.90. The SMILES string of the molecule is CC(C)[Si@]1(O[C@H](C)c2ccc3ccccc3c2)CCCc2ccccc21. The Balaban J connectivity index is 1.71. The van der Waals surface area contributed by atoms with Crippen molar-refractivity contribution in [3.05, 3.63) is 77.9 Å². The molecule has 1 aliphatic rings. The molecular formula is C24H28OSi. The minimum atomic E-state index is -1.99. The number of benzene rings is 3. The second-order valence-electron chi connectivity index (χ2n) is 7.92. The molecule has 0 amide bonds. The van der Waals surface area contributed by atoms with E-state index in [1.165, 1.54) is 46.0 Å². The van der Waals surface area contributed by atoms with Crippen LogP contribution >= 0.6 is 0 Å². The van der Waals surface area contributed by atoms with E-state index in [9.17, 15) is 0 Å². The fourth-order valence-electron chi connectivity index (χ4n) is 4.53. The Morgan fingerprint density at radius 3 is 2.38 bits per heavy atom. The summed E-state index contributed by atoms with van der Waals surface area (Å²) in [5, 5.41) is 4.13. The average molecular weight is 361 g/mol. The molecule has 0 spiro atoms. The first-order valence-electron chi connectivity index (χ1n) is 9.85. The molecule has 1 nitrogen and oxygen atoms in total. The van der Waals surface area contributed by atoms with Crippen molar-refractivity contribution in [2.45, 2.75) is 51.3 Å². The highest BCUT2D eigenvalue weighted by atomic mass is 28.4. The van der Waals surface area contributed by atoms with Crippen LogP contribution in [0.2, 0.25) is 11.6 Å². The van der Waals surface area contributed by atoms with Gasteiger partial charge in [0.15, 0.2) is 0 Å². The van der Waals surface area contributed by atoms with E-state index in [1.807, 2.05) is 0 Å². The zero-order valence-corrected chi connectivity index (χ0v) is 17.0. The third-order valence-corrected chi connectivity index (χ3v) is 11.2. The molecule has 0 saturated carbocycles. The first-order valence-corrected chi connectivity index (χ1v) is 12.0. The Morgan fingerprint density at radius 1 is 0.846 bits per heavy atom. The molecule has 1 aliphatic heterocycles. The minimum Gasteiger partial charge on any atom is -0.405 e. The third kappa shape index (κ3) is 3.02. The summed E-state index contributed by atoms with van der Waals surface area (Å²) in [4.78, 5) is 0. The summed E-state index contributed by atoms with van der Waals surface area (Å²) in [6.45, 7) is 6.96. The summed E-state index contributed by atoms with van der Waals surface area (Å²) >= 11 is 0. The molecule has 0 aromatic heterocycles. The standard InChI is InChI=1S/C24H28OSi/c1-18(2)26(16-8-12-21-10-6-7-13-24(21)26)25-19(3)22-15-14-20-9-4-5-11-23(20)17-22/h4-7,9-11,13-15,17-19H,8,12,16H2,1-3H3/t19-,26-/m1/s1. The number of fused-ring (bicyclic) bond motifs is 2. The van der Waals surface area contributed by atoms with Gasteiger partial charge in [-0.1, -0.05) is 74.5 Å². The fourth-order valence-corrected chi connectivity index (χ4v) is 9.11. The molecule has 4 rings (SSSR count). The molecule has 0 radical (unpaired) electrons. The normalized spacial score (nSPS) is 20.9. The van der Waals surface area contributed by atoms with Gasteiger partial charge in [0.2, 0.25) is 8.32 Å². The van der Waals surface area contributed by atoms with E-state index in [2.05, 4.69) is 87.5 Å². The highest BCUT2D eigenvalue weighted by Gasteiger charge is 2.45. The second-order valence-corrected chi connectivity index (χ2v) is 12.1. The maximum atomic E-state index is 7.04. The Bertz CT molecular complexity index is 917. The van der Waals surface area contributed by atoms with Crippen molar-refractivity contribution in [1.29, 1.82) is 0 Å². The van der Waals surface area contributed by atoms with Crippen LogP contribution in [0.3, 0.4) is 0 Å². The van der Waals surface area contributed by atoms with Crippen LogP contribution in [0.4, 0.5) is 0 Å². The summed E-state index contributed by atoms with van der Waals surface area (Å²) in [6.07, 6.45) is 2.58. The van der Waals surface area contributed by atoms with E-state index >= 15 is 0 Å². The van der Waals surface area contributed by atoms with Crippen LogP contribution in [0.15, 0.2) is 66.7 Å². The lowest BCUT2D eigenvalue weighted by molar-refractivity contribution is 0.210. The van der Waals surface area contributed by atoms with Gasteiger partial charge in [-0.05, 0) is 64.5 Å². The van der Waals surface area contributed by atoms with Gasteiger partial charge in [-0.15, -0.1) is 0 Å². The maximum absolute atomic E-state index is 7.04. The molecule has 0 fully saturated rings. The predicted octanol–water partition coefficient (Wildman–Crippen LogP) is 6.13. The topological polar surface area (TPSA) is 9.23 Å². The second kappa shape index (κ2) is 7.01. The lowest BCUT2D eigenvalue weighted by atomic mass is 10.0. The van der Waals surface area contributed by atoms with Crippen molar-refractivity contribution in [1.82, 2.24) is 0 Å². The highest BCUT2D eigenvalue weighted by Crippen LogP contribution is 2.37. The summed E-state index contributed by atoms with van der Waals surface area (Å²) in [7, 11) is -1.99. The van der Waals surface area contributed by atoms with E-state index in [4.69, 9.17) is 4.43 Å². The molecule has 134 valence electrons. The Labute approximate surface area is 158 Å². The van der Waals surface area contributed by atoms with E-state index in [0.29, 0.717) is 5.54 Å². The van der Waals surface area contributed by atoms with Crippen molar-refractivity contribution in [3.8, 4) is 0 Å². The first kappa shape index (κ1) is 17.5. The Kier molecular flexibility index (Phi) is 4.72. The molecular weight excluding hydrogens is 332 g/mol. The molecule has 3 aromatic carbocycles. The molecule has 0 N–H and O–H groups in total. The summed E-state index contributed by atoms with van der Waals surface area (Å²) in [5.74, 6) is 0. The number of rotatable bonds is 4. The molecule has 2 heteroatoms. The largest absolute Gasteiger partial charge is 0.405 e. The fraction of sp³-hybridized carbons (Fsp3) is 0.333. The van der Waals surface area contributed by atoms with Crippen molar-refractivity contribution < 1.29 is 4.43 Å². The van der Waals surface area contributed by atoms with Crippen molar-refractivity contribution in [2.24, 2.45) is 0 Å². The van der Waals surface area contributed by atoms with Gasteiger partial charge in [-0.3, -0.25) is 0 Å². The monoisotopic (exact) mass is 360 g/mol. The third-order valence-electron chi connectivity index (χ3n) is 6.03. The smallest absolute Gasteiger partial charge is 0.227 e. The van der Waals surface area contributed by atoms with Gasteiger partial charge >= 0.3 is 0 Å². The first-order chi connectivity index (χ1) is 12.6. The predicted molar refractivity (Wildman–Crippen MR) is 114 cm³/mol. The van der Waals surface area contributed by atoms with E-state index in [-0.39, 0.29) is 6.10 Å². The highest BCUT2D eigenvalue weighted by molar-refractivity contribution is 6.88. The lowest BCUT2D eigenvalue weighted by Gasteiger charge is -2.42. The van der Waals surface area contributed by atoms with Gasteiger partial charge in [0.05, 0.1) is 6.10 Å². The van der Waals surface area contributed by atoms with Gasteiger partial charge in [-0.2, -0.15) is 0 Å². The van der Waals surface area contributed by atoms with Crippen LogP contribution in [-0.2, 0) is 10.8 Å². The number of hydrogen-bond donors (Lipinski definition) is 0. The van der Waals surface area contributed by atoms with Crippen LogP contribution in [-0.4, -0.2) is 8.32 Å². The molecule has 0 saturated heterocycles. The molecule has 1 heterocycles. The van der Waals surface area contributed by atoms with Gasteiger partial charge in [0.1, 0.15) is 0 Å². The Morgan fingerprint density at radius 2 is 1.58 bits per heavy atom. The van der Waals surface area contributed by atoms with Gasteiger partial charge in [0.25, 0.3) is 0 Å². The molecule has 0 bridgehead atoms. The minimum absolute atomic E-state index is 0.125. The molecule has 2 atom stereocenters. The number of hydrogen-bond acceptors (Lipinski definition) is 1. The maximum Gasteiger partial charge on any atom is 0.227 e. The van der Waals surface area contributed by atoms with Crippen LogP contribution in [0.25, 0.3) is 10.8 Å². The molecule has 26 heavy (non-hydrogen) atoms. The number of aryl methyl sites for hydroxylation is 1. The summed E-state index contributed by atoms with van der Waals surface area (Å²) in [5.41, 5.74) is 3.39. The summed E-state index contributed by atoms with van der Waals surface area (Å²) < 4.78 is 7.04. The van der Waals surface area contributed by atoms with Crippen LogP contribution in [0, 0.1) is 0 Å². The van der Waals surface area contributed by atoms with Crippen LogP contribution < -0.4 is 5.19 Å². The van der Waals surface area contributed by atoms with Gasteiger partial charge in [-0.25, -0.2) is 0 Å². The van der Waals surface area contributed by atoms with Crippen LogP contribution in [0.1, 0.15) is 44.4 Å². The quantitative estimate of drug-likeness (QED) is 0.509. The van der Waals surface area contributed by atoms with Crippen molar-refractivity contribution in [3.63, 3.8) is 0 Å². The molecule has 3 aromatic rings. The van der Waals surface area contributed by atoms with Crippen LogP contribution in [0.5, 0.6) is 0 Å².